The Hall–Kier alpha value is -3.32. The summed E-state index contributed by atoms with van der Waals surface area (Å²) in [5, 5.41) is 25.1. The number of methoxy groups -OCH3 is 1. The lowest BCUT2D eigenvalue weighted by Crippen LogP contribution is -2.74. The van der Waals surface area contributed by atoms with Crippen LogP contribution in [0.4, 0.5) is 0 Å². The SMILES string of the molecule is COCCNCC(=O)c1ccc(O)c2c1C[C@H]1C[C@H]3[C@H](N(C)C)C(=O)C(C(N)=O)C(=O)[C@@]3(O)C(=O)C1C2=O. The Morgan fingerprint density at radius 3 is 2.47 bits per heavy atom. The summed E-state index contributed by atoms with van der Waals surface area (Å²) in [5.74, 6) is -11.7. The molecule has 0 saturated heterocycles. The smallest absolute Gasteiger partial charge is 0.235 e. The molecule has 0 radical (unpaired) electrons. The van der Waals surface area contributed by atoms with Crippen molar-refractivity contribution in [3.8, 4) is 5.75 Å². The van der Waals surface area contributed by atoms with Crippen LogP contribution in [-0.2, 0) is 30.3 Å². The Balaban J connectivity index is 1.77. The number of nitrogens with one attached hydrogen (secondary N) is 1. The third kappa shape index (κ3) is 4.08. The topological polar surface area (TPSA) is 193 Å². The number of ether oxygens (including phenoxy) is 1. The summed E-state index contributed by atoms with van der Waals surface area (Å²) >= 11 is 0. The third-order valence-corrected chi connectivity index (χ3v) is 8.01. The van der Waals surface area contributed by atoms with E-state index in [2.05, 4.69) is 5.32 Å². The van der Waals surface area contributed by atoms with Gasteiger partial charge < -0.3 is 26.0 Å². The van der Waals surface area contributed by atoms with Crippen LogP contribution in [-0.4, -0.2) is 102 Å². The molecule has 3 aliphatic carbocycles. The van der Waals surface area contributed by atoms with Crippen molar-refractivity contribution in [1.82, 2.24) is 10.2 Å². The van der Waals surface area contributed by atoms with Crippen molar-refractivity contribution in [2.24, 2.45) is 29.4 Å². The summed E-state index contributed by atoms with van der Waals surface area (Å²) in [5.41, 5.74) is 2.80. The van der Waals surface area contributed by atoms with Gasteiger partial charge in [-0.3, -0.25) is 33.7 Å². The zero-order valence-electron chi connectivity index (χ0n) is 21.4. The van der Waals surface area contributed by atoms with Gasteiger partial charge in [0.1, 0.15) is 5.75 Å². The van der Waals surface area contributed by atoms with Crippen LogP contribution in [0.1, 0.15) is 32.7 Å². The van der Waals surface area contributed by atoms with Gasteiger partial charge in [0.25, 0.3) is 0 Å². The number of hydrogen-bond donors (Lipinski definition) is 4. The summed E-state index contributed by atoms with van der Waals surface area (Å²) in [6.45, 7) is 0.752. The molecule has 2 unspecified atom stereocenters. The lowest BCUT2D eigenvalue weighted by molar-refractivity contribution is -0.181. The minimum atomic E-state index is -2.79. The van der Waals surface area contributed by atoms with Gasteiger partial charge in [0.15, 0.2) is 40.4 Å². The number of nitrogens with zero attached hydrogens (tertiary/aromatic N) is 1. The standard InChI is InChI=1S/C26H31N3O9/c1-29(2)20-14-9-11-8-13-12(16(31)10-28-6-7-38-3)4-5-15(30)18(13)21(32)17(11)23(34)26(14,37)24(35)19(22(20)33)25(27)36/h4-5,11,14,17,19-20,28,30,37H,6-10H2,1-3H3,(H2,27,36)/t11-,14-,17?,19?,20-,26-/m0/s1. The Morgan fingerprint density at radius 2 is 1.87 bits per heavy atom. The molecule has 6 atom stereocenters. The predicted octanol–water partition coefficient (Wildman–Crippen LogP) is -1.71. The summed E-state index contributed by atoms with van der Waals surface area (Å²) < 4.78 is 4.95. The molecule has 0 heterocycles. The van der Waals surface area contributed by atoms with Gasteiger partial charge >= 0.3 is 0 Å². The van der Waals surface area contributed by atoms with E-state index in [0.29, 0.717) is 13.2 Å². The molecule has 5 N–H and O–H groups in total. The van der Waals surface area contributed by atoms with E-state index in [0.717, 1.165) is 0 Å². The minimum Gasteiger partial charge on any atom is -0.507 e. The fourth-order valence-corrected chi connectivity index (χ4v) is 6.34. The molecule has 204 valence electrons. The van der Waals surface area contributed by atoms with Gasteiger partial charge in [-0.05, 0) is 50.6 Å². The van der Waals surface area contributed by atoms with Gasteiger partial charge in [0.2, 0.25) is 5.91 Å². The fraction of sp³-hybridized carbons (Fsp3) is 0.538. The van der Waals surface area contributed by atoms with Crippen molar-refractivity contribution in [1.29, 1.82) is 0 Å². The van der Waals surface area contributed by atoms with Crippen LogP contribution >= 0.6 is 0 Å². The highest BCUT2D eigenvalue weighted by Crippen LogP contribution is 2.51. The molecule has 2 fully saturated rings. The van der Waals surface area contributed by atoms with Gasteiger partial charge in [-0.25, -0.2) is 0 Å². The number of Topliss-reactive ketones (excluding diaryl/α,β-unsaturated/α-hetero) is 5. The Kier molecular flexibility index (Phi) is 7.36. The van der Waals surface area contributed by atoms with Gasteiger partial charge in [0.05, 0.1) is 30.7 Å². The number of carbonyl (C=O) groups excluding carboxylic acids is 6. The van der Waals surface area contributed by atoms with Crippen LogP contribution < -0.4 is 11.1 Å². The quantitative estimate of drug-likeness (QED) is 0.170. The number of hydrogen-bond acceptors (Lipinski definition) is 11. The van der Waals surface area contributed by atoms with Crippen molar-refractivity contribution in [2.45, 2.75) is 24.5 Å². The number of phenols is 1. The molecule has 0 bridgehead atoms. The highest BCUT2D eigenvalue weighted by Gasteiger charge is 2.69. The van der Waals surface area contributed by atoms with Gasteiger partial charge in [-0.1, -0.05) is 0 Å². The maximum absolute atomic E-state index is 13.8. The second-order valence-electron chi connectivity index (χ2n) is 10.4. The number of primary amides is 1. The van der Waals surface area contributed by atoms with E-state index in [9.17, 15) is 39.0 Å². The monoisotopic (exact) mass is 529 g/mol. The molecule has 12 heteroatoms. The first-order valence-corrected chi connectivity index (χ1v) is 12.3. The molecule has 38 heavy (non-hydrogen) atoms. The second-order valence-corrected chi connectivity index (χ2v) is 10.4. The number of phenolic OH excluding ortho intramolecular Hbond substituents is 1. The first-order chi connectivity index (χ1) is 17.9. The maximum Gasteiger partial charge on any atom is 0.235 e. The molecule has 0 aliphatic heterocycles. The Bertz CT molecular complexity index is 1240. The lowest BCUT2D eigenvalue weighted by Gasteiger charge is -2.52. The fourth-order valence-electron chi connectivity index (χ4n) is 6.34. The molecule has 4 rings (SSSR count). The molecule has 0 aromatic heterocycles. The summed E-state index contributed by atoms with van der Waals surface area (Å²) in [6.07, 6.45) is -0.0569. The van der Waals surface area contributed by atoms with Crippen LogP contribution in [0.15, 0.2) is 12.1 Å². The van der Waals surface area contributed by atoms with E-state index in [1.165, 1.54) is 38.2 Å². The number of benzene rings is 1. The van der Waals surface area contributed by atoms with Crippen LogP contribution in [0.3, 0.4) is 0 Å². The molecule has 12 nitrogen and oxygen atoms in total. The number of fused-ring (bicyclic) bond motifs is 3. The predicted molar refractivity (Wildman–Crippen MR) is 130 cm³/mol. The largest absolute Gasteiger partial charge is 0.507 e. The number of amides is 1. The van der Waals surface area contributed by atoms with Crippen LogP contribution in [0.25, 0.3) is 0 Å². The van der Waals surface area contributed by atoms with Crippen molar-refractivity contribution >= 4 is 34.8 Å². The lowest BCUT2D eigenvalue weighted by atomic mass is 9.52. The molecule has 1 aromatic carbocycles. The highest BCUT2D eigenvalue weighted by atomic mass is 16.5. The molecule has 3 aliphatic rings. The molecule has 0 spiro atoms. The van der Waals surface area contributed by atoms with Gasteiger partial charge in [-0.2, -0.15) is 0 Å². The number of rotatable bonds is 8. The van der Waals surface area contributed by atoms with Gasteiger partial charge in [0, 0.05) is 25.1 Å². The van der Waals surface area contributed by atoms with Crippen LogP contribution in [0.2, 0.25) is 0 Å². The third-order valence-electron chi connectivity index (χ3n) is 8.01. The Morgan fingerprint density at radius 1 is 1.18 bits per heavy atom. The normalized spacial score (nSPS) is 30.6. The second kappa shape index (κ2) is 10.1. The number of aromatic hydroxyl groups is 1. The van der Waals surface area contributed by atoms with Crippen molar-refractivity contribution in [3.63, 3.8) is 0 Å². The molecular formula is C26H31N3O9. The number of ketones is 5. The first-order valence-electron chi connectivity index (χ1n) is 12.3. The van der Waals surface area contributed by atoms with E-state index in [1.54, 1.807) is 0 Å². The zero-order valence-corrected chi connectivity index (χ0v) is 21.4. The molecule has 1 aromatic rings. The summed E-state index contributed by atoms with van der Waals surface area (Å²) in [4.78, 5) is 80.3. The van der Waals surface area contributed by atoms with Crippen LogP contribution in [0.5, 0.6) is 5.75 Å². The van der Waals surface area contributed by atoms with Crippen molar-refractivity contribution in [3.05, 3.63) is 28.8 Å². The summed E-state index contributed by atoms with van der Waals surface area (Å²) in [7, 11) is 4.55. The number of carbonyl (C=O) groups is 6. The number of likely N-dealkylation sites (N-methyl/N-ethyl adjacent to an activating group) is 1. The average Bonchev–Trinajstić information content (AvgIpc) is 2.83. The first kappa shape index (κ1) is 27.7. The molecular weight excluding hydrogens is 498 g/mol. The van der Waals surface area contributed by atoms with Gasteiger partial charge in [-0.15, -0.1) is 0 Å². The van der Waals surface area contributed by atoms with E-state index < -0.39 is 70.1 Å². The van der Waals surface area contributed by atoms with Crippen LogP contribution in [0, 0.1) is 23.7 Å². The van der Waals surface area contributed by atoms with E-state index in [-0.39, 0.29) is 41.9 Å². The van der Waals surface area contributed by atoms with E-state index in [4.69, 9.17) is 10.5 Å². The Labute approximate surface area is 218 Å². The minimum absolute atomic E-state index is 0.0272. The molecule has 1 amide bonds. The van der Waals surface area contributed by atoms with E-state index in [1.807, 2.05) is 0 Å². The average molecular weight is 530 g/mol. The van der Waals surface area contributed by atoms with Crippen molar-refractivity contribution < 1.29 is 43.7 Å². The molecule has 2 saturated carbocycles. The number of aliphatic hydroxyl groups is 1. The maximum atomic E-state index is 13.8. The summed E-state index contributed by atoms with van der Waals surface area (Å²) in [6, 6.07) is 1.42. The highest BCUT2D eigenvalue weighted by molar-refractivity contribution is 6.32. The van der Waals surface area contributed by atoms with E-state index >= 15 is 0 Å². The van der Waals surface area contributed by atoms with Crippen molar-refractivity contribution in [2.75, 3.05) is 40.9 Å². The number of nitrogens with two attached hydrogens (primary N) is 1. The zero-order chi connectivity index (χ0) is 28.1.